The number of carbonyl (C=O) groups excluding carboxylic acids is 1. The van der Waals surface area contributed by atoms with E-state index in [1.54, 1.807) is 12.0 Å². The summed E-state index contributed by atoms with van der Waals surface area (Å²) in [7, 11) is 1.68. The first-order valence-electron chi connectivity index (χ1n) is 6.56. The van der Waals surface area contributed by atoms with Crippen LogP contribution < -0.4 is 0 Å². The molecule has 0 bridgehead atoms. The Morgan fingerprint density at radius 1 is 1.32 bits per heavy atom. The van der Waals surface area contributed by atoms with Crippen LogP contribution in [0.25, 0.3) is 0 Å². The van der Waals surface area contributed by atoms with Crippen molar-refractivity contribution in [3.05, 3.63) is 0 Å². The molecule has 112 valence electrons. The molecule has 1 saturated heterocycles. The molecule has 0 aromatic carbocycles. The maximum atomic E-state index is 12.0. The summed E-state index contributed by atoms with van der Waals surface area (Å²) in [6.45, 7) is 8.29. The summed E-state index contributed by atoms with van der Waals surface area (Å²) >= 11 is 2.34. The van der Waals surface area contributed by atoms with Crippen molar-refractivity contribution in [2.24, 2.45) is 0 Å². The van der Waals surface area contributed by atoms with Gasteiger partial charge in [-0.1, -0.05) is 22.6 Å². The summed E-state index contributed by atoms with van der Waals surface area (Å²) in [5, 5.41) is 0. The van der Waals surface area contributed by atoms with E-state index >= 15 is 0 Å². The van der Waals surface area contributed by atoms with Crippen molar-refractivity contribution in [3.63, 3.8) is 0 Å². The molecule has 19 heavy (non-hydrogen) atoms. The number of nitrogens with zero attached hydrogens (tertiary/aromatic N) is 1. The average Bonchev–Trinajstić information content (AvgIpc) is 2.64. The van der Waals surface area contributed by atoms with Crippen molar-refractivity contribution in [2.75, 3.05) is 33.4 Å². The highest BCUT2D eigenvalue weighted by molar-refractivity contribution is 14.1. The van der Waals surface area contributed by atoms with Crippen LogP contribution in [-0.4, -0.2) is 60.0 Å². The summed E-state index contributed by atoms with van der Waals surface area (Å²) in [4.78, 5) is 13.7. The molecule has 1 rings (SSSR count). The summed E-state index contributed by atoms with van der Waals surface area (Å²) < 4.78 is 16.5. The first kappa shape index (κ1) is 17.0. The molecule has 0 aromatic rings. The Morgan fingerprint density at radius 2 is 2.00 bits per heavy atom. The third kappa shape index (κ3) is 6.27. The van der Waals surface area contributed by atoms with Gasteiger partial charge in [-0.3, -0.25) is 0 Å². The fraction of sp³-hybridized carbons (Fsp3) is 0.923. The van der Waals surface area contributed by atoms with Crippen molar-refractivity contribution in [1.29, 1.82) is 0 Å². The molecule has 0 spiro atoms. The summed E-state index contributed by atoms with van der Waals surface area (Å²) in [6.07, 6.45) is 0.713. The molecule has 1 aliphatic heterocycles. The smallest absolute Gasteiger partial charge is 0.410 e. The molecular weight excluding hydrogens is 361 g/mol. The topological polar surface area (TPSA) is 48.0 Å². The first-order valence-corrected chi connectivity index (χ1v) is 7.80. The van der Waals surface area contributed by atoms with Crippen LogP contribution in [0.1, 0.15) is 27.2 Å². The van der Waals surface area contributed by atoms with Crippen LogP contribution in [0.4, 0.5) is 4.79 Å². The van der Waals surface area contributed by atoms with E-state index in [2.05, 4.69) is 22.6 Å². The number of hydrogen-bond donors (Lipinski definition) is 0. The Hall–Kier alpha value is -0.0800. The number of amides is 1. The van der Waals surface area contributed by atoms with E-state index in [-0.39, 0.29) is 12.2 Å². The Balaban J connectivity index is 2.35. The zero-order chi connectivity index (χ0) is 14.5. The standard InChI is InChI=1S/C13H24INO4/c1-13(2,3)19-12(16)15-8-10(14)11(9-15)18-7-5-6-17-4/h10-11H,5-9H2,1-4H3. The quantitative estimate of drug-likeness (QED) is 0.415. The largest absolute Gasteiger partial charge is 0.444 e. The molecule has 1 fully saturated rings. The van der Waals surface area contributed by atoms with E-state index in [0.29, 0.717) is 30.2 Å². The Labute approximate surface area is 129 Å². The third-order valence-electron chi connectivity index (χ3n) is 2.67. The summed E-state index contributed by atoms with van der Waals surface area (Å²) in [5.74, 6) is 0. The van der Waals surface area contributed by atoms with Crippen molar-refractivity contribution < 1.29 is 19.0 Å². The van der Waals surface area contributed by atoms with Crippen LogP contribution in [0, 0.1) is 0 Å². The third-order valence-corrected chi connectivity index (χ3v) is 3.87. The SMILES string of the molecule is COCCCOC1CN(C(=O)OC(C)(C)C)CC1I. The van der Waals surface area contributed by atoms with Gasteiger partial charge in [0.05, 0.1) is 16.6 Å². The second-order valence-electron chi connectivity index (χ2n) is 5.66. The van der Waals surface area contributed by atoms with Gasteiger partial charge in [0.1, 0.15) is 5.60 Å². The van der Waals surface area contributed by atoms with Gasteiger partial charge >= 0.3 is 6.09 Å². The van der Waals surface area contributed by atoms with Gasteiger partial charge in [-0.2, -0.15) is 0 Å². The minimum absolute atomic E-state index is 0.0879. The van der Waals surface area contributed by atoms with E-state index in [9.17, 15) is 4.79 Å². The minimum Gasteiger partial charge on any atom is -0.444 e. The zero-order valence-electron chi connectivity index (χ0n) is 12.1. The molecule has 0 aromatic heterocycles. The summed E-state index contributed by atoms with van der Waals surface area (Å²) in [6, 6.07) is 0. The number of rotatable bonds is 5. The van der Waals surface area contributed by atoms with E-state index in [1.807, 2.05) is 20.8 Å². The van der Waals surface area contributed by atoms with Gasteiger partial charge in [0.2, 0.25) is 0 Å². The predicted molar refractivity (Wildman–Crippen MR) is 81.8 cm³/mol. The molecule has 1 amide bonds. The van der Waals surface area contributed by atoms with Crippen LogP contribution in [0.3, 0.4) is 0 Å². The lowest BCUT2D eigenvalue weighted by Crippen LogP contribution is -2.36. The molecule has 0 radical (unpaired) electrons. The maximum absolute atomic E-state index is 12.0. The molecule has 0 saturated carbocycles. The number of methoxy groups -OCH3 is 1. The molecule has 0 N–H and O–H groups in total. The fourth-order valence-electron chi connectivity index (χ4n) is 1.80. The molecule has 6 heteroatoms. The molecular formula is C13H24INO4. The molecule has 0 aliphatic carbocycles. The minimum atomic E-state index is -0.449. The van der Waals surface area contributed by atoms with Gasteiger partial charge in [-0.05, 0) is 27.2 Å². The molecule has 5 nitrogen and oxygen atoms in total. The average molecular weight is 385 g/mol. The van der Waals surface area contributed by atoms with Crippen LogP contribution in [0.15, 0.2) is 0 Å². The van der Waals surface area contributed by atoms with Gasteiger partial charge in [-0.15, -0.1) is 0 Å². The van der Waals surface area contributed by atoms with Crippen LogP contribution in [-0.2, 0) is 14.2 Å². The highest BCUT2D eigenvalue weighted by atomic mass is 127. The second-order valence-corrected chi connectivity index (χ2v) is 7.26. The molecule has 2 atom stereocenters. The molecule has 1 heterocycles. The number of halogens is 1. The van der Waals surface area contributed by atoms with Crippen LogP contribution in [0.2, 0.25) is 0 Å². The predicted octanol–water partition coefficient (Wildman–Crippen LogP) is 2.46. The van der Waals surface area contributed by atoms with Gasteiger partial charge < -0.3 is 19.1 Å². The highest BCUT2D eigenvalue weighted by Gasteiger charge is 2.36. The van der Waals surface area contributed by atoms with Crippen molar-refractivity contribution >= 4 is 28.7 Å². The van der Waals surface area contributed by atoms with Crippen molar-refractivity contribution in [3.8, 4) is 0 Å². The van der Waals surface area contributed by atoms with Gasteiger partial charge in [0.15, 0.2) is 0 Å². The Kier molecular flexibility index (Phi) is 6.82. The number of carbonyl (C=O) groups is 1. The van der Waals surface area contributed by atoms with Crippen molar-refractivity contribution in [1.82, 2.24) is 4.90 Å². The molecule has 2 unspecified atom stereocenters. The number of hydrogen-bond acceptors (Lipinski definition) is 4. The van der Waals surface area contributed by atoms with Gasteiger partial charge in [-0.25, -0.2) is 4.79 Å². The Morgan fingerprint density at radius 3 is 2.58 bits per heavy atom. The molecule has 1 aliphatic rings. The number of ether oxygens (including phenoxy) is 3. The fourth-order valence-corrected chi connectivity index (χ4v) is 2.72. The van der Waals surface area contributed by atoms with Crippen LogP contribution in [0.5, 0.6) is 0 Å². The van der Waals surface area contributed by atoms with E-state index < -0.39 is 5.60 Å². The lowest BCUT2D eigenvalue weighted by molar-refractivity contribution is 0.0192. The van der Waals surface area contributed by atoms with E-state index in [0.717, 1.165) is 6.42 Å². The van der Waals surface area contributed by atoms with Crippen molar-refractivity contribution in [2.45, 2.75) is 42.8 Å². The second kappa shape index (κ2) is 7.64. The lowest BCUT2D eigenvalue weighted by atomic mass is 10.2. The maximum Gasteiger partial charge on any atom is 0.410 e. The first-order chi connectivity index (χ1) is 8.83. The van der Waals surface area contributed by atoms with Gasteiger partial charge in [0.25, 0.3) is 0 Å². The zero-order valence-corrected chi connectivity index (χ0v) is 14.3. The highest BCUT2D eigenvalue weighted by Crippen LogP contribution is 2.23. The lowest BCUT2D eigenvalue weighted by Gasteiger charge is -2.24. The number of likely N-dealkylation sites (tertiary alicyclic amines) is 1. The van der Waals surface area contributed by atoms with Crippen LogP contribution >= 0.6 is 22.6 Å². The normalized spacial score (nSPS) is 23.7. The number of alkyl halides is 1. The Bertz CT molecular complexity index is 293. The van der Waals surface area contributed by atoms with E-state index in [4.69, 9.17) is 14.2 Å². The van der Waals surface area contributed by atoms with E-state index in [1.165, 1.54) is 0 Å². The summed E-state index contributed by atoms with van der Waals surface area (Å²) in [5.41, 5.74) is -0.449. The monoisotopic (exact) mass is 385 g/mol. The van der Waals surface area contributed by atoms with Gasteiger partial charge in [0, 0.05) is 26.9 Å².